The molecular formula is C17H14F3IN4O. The highest BCUT2D eigenvalue weighted by Gasteiger charge is 2.20. The summed E-state index contributed by atoms with van der Waals surface area (Å²) in [4.78, 5) is 22.9. The normalized spacial score (nSPS) is 12.6. The van der Waals surface area contributed by atoms with Gasteiger partial charge < -0.3 is 10.3 Å². The summed E-state index contributed by atoms with van der Waals surface area (Å²) < 4.78 is 40.7. The topological polar surface area (TPSA) is 70.7 Å². The van der Waals surface area contributed by atoms with Crippen LogP contribution in [0.5, 0.6) is 0 Å². The Bertz CT molecular complexity index is 1040. The van der Waals surface area contributed by atoms with Crippen molar-refractivity contribution < 1.29 is 13.2 Å². The van der Waals surface area contributed by atoms with Crippen LogP contribution in [0.25, 0.3) is 11.0 Å². The zero-order chi connectivity index (χ0) is 19.0. The molecule has 3 aromatic rings. The van der Waals surface area contributed by atoms with Crippen LogP contribution in [0.3, 0.4) is 0 Å². The van der Waals surface area contributed by atoms with E-state index in [4.69, 9.17) is 0 Å². The number of alkyl halides is 2. The maximum absolute atomic E-state index is 14.4. The van der Waals surface area contributed by atoms with Gasteiger partial charge >= 0.3 is 0 Å². The van der Waals surface area contributed by atoms with Crippen molar-refractivity contribution >= 4 is 39.4 Å². The van der Waals surface area contributed by atoms with Crippen molar-refractivity contribution in [2.75, 3.05) is 5.32 Å². The molecule has 0 spiro atoms. The van der Waals surface area contributed by atoms with Crippen LogP contribution in [-0.4, -0.2) is 15.0 Å². The molecular weight excluding hydrogens is 460 g/mol. The van der Waals surface area contributed by atoms with Gasteiger partial charge in [-0.25, -0.2) is 23.1 Å². The highest BCUT2D eigenvalue weighted by molar-refractivity contribution is 14.1. The van der Waals surface area contributed by atoms with Crippen molar-refractivity contribution in [1.82, 2.24) is 15.0 Å². The van der Waals surface area contributed by atoms with Gasteiger partial charge in [-0.1, -0.05) is 18.2 Å². The Morgan fingerprint density at radius 1 is 1.23 bits per heavy atom. The molecule has 136 valence electrons. The minimum atomic E-state index is -2.89. The minimum Gasteiger partial charge on any atom is -0.363 e. The Balaban J connectivity index is 2.05. The van der Waals surface area contributed by atoms with E-state index in [0.717, 1.165) is 6.07 Å². The van der Waals surface area contributed by atoms with E-state index >= 15 is 0 Å². The molecule has 0 aliphatic heterocycles. The first kappa shape index (κ1) is 18.6. The molecule has 0 fully saturated rings. The smallest absolute Gasteiger partial charge is 0.266 e. The maximum Gasteiger partial charge on any atom is 0.266 e. The van der Waals surface area contributed by atoms with E-state index in [1.54, 1.807) is 19.9 Å². The van der Waals surface area contributed by atoms with Crippen molar-refractivity contribution in [1.29, 1.82) is 0 Å². The fraction of sp³-hybridized carbons (Fsp3) is 0.235. The van der Waals surface area contributed by atoms with Gasteiger partial charge in [-0.15, -0.1) is 0 Å². The summed E-state index contributed by atoms with van der Waals surface area (Å²) in [6.45, 7) is 3.30. The Hall–Kier alpha value is -2.17. The molecule has 26 heavy (non-hydrogen) atoms. The number of aromatic amines is 1. The molecule has 9 heteroatoms. The molecule has 1 aromatic carbocycles. The average Bonchev–Trinajstić information content (AvgIpc) is 2.56. The molecule has 0 bridgehead atoms. The predicted molar refractivity (Wildman–Crippen MR) is 101 cm³/mol. The van der Waals surface area contributed by atoms with Crippen LogP contribution < -0.4 is 10.9 Å². The molecule has 0 saturated carbocycles. The second-order valence-corrected chi connectivity index (χ2v) is 6.91. The van der Waals surface area contributed by atoms with Gasteiger partial charge in [0.1, 0.15) is 23.1 Å². The highest BCUT2D eigenvalue weighted by Crippen LogP contribution is 2.30. The van der Waals surface area contributed by atoms with E-state index in [0.29, 0.717) is 26.2 Å². The van der Waals surface area contributed by atoms with Crippen molar-refractivity contribution in [3.8, 4) is 0 Å². The third kappa shape index (κ3) is 3.53. The zero-order valence-electron chi connectivity index (χ0n) is 13.8. The molecule has 2 N–H and O–H groups in total. The number of nitrogens with zero attached hydrogens (tertiary/aromatic N) is 2. The van der Waals surface area contributed by atoms with Crippen LogP contribution in [0.4, 0.5) is 19.0 Å². The summed E-state index contributed by atoms with van der Waals surface area (Å²) in [6, 6.07) is 4.89. The molecule has 1 atom stereocenters. The van der Waals surface area contributed by atoms with Crippen LogP contribution in [0.2, 0.25) is 0 Å². The van der Waals surface area contributed by atoms with E-state index in [9.17, 15) is 18.0 Å². The number of benzene rings is 1. The van der Waals surface area contributed by atoms with E-state index in [1.807, 2.05) is 22.6 Å². The minimum absolute atomic E-state index is 0.103. The lowest BCUT2D eigenvalue weighted by molar-refractivity contribution is 0.146. The number of fused-ring (bicyclic) bond motifs is 1. The molecule has 1 unspecified atom stereocenters. The van der Waals surface area contributed by atoms with Crippen LogP contribution >= 0.6 is 22.6 Å². The van der Waals surface area contributed by atoms with Crippen LogP contribution in [0, 0.1) is 16.3 Å². The SMILES string of the molecule is Cc1nc(NC(C)c2cccc(C(F)F)c2F)c2cc(I)c(=O)[nH]c2n1. The zero-order valence-corrected chi connectivity index (χ0v) is 15.9. The Labute approximate surface area is 160 Å². The predicted octanol–water partition coefficient (Wildman–Crippen LogP) is 4.48. The molecule has 0 aliphatic rings. The van der Waals surface area contributed by atoms with Gasteiger partial charge in [-0.3, -0.25) is 4.79 Å². The monoisotopic (exact) mass is 474 g/mol. The number of aromatic nitrogens is 3. The number of pyridine rings is 1. The molecule has 0 aliphatic carbocycles. The molecule has 0 saturated heterocycles. The van der Waals surface area contributed by atoms with E-state index in [-0.39, 0.29) is 11.1 Å². The van der Waals surface area contributed by atoms with E-state index in [1.165, 1.54) is 12.1 Å². The Morgan fingerprint density at radius 2 is 1.92 bits per heavy atom. The molecule has 0 amide bonds. The molecule has 3 rings (SSSR count). The van der Waals surface area contributed by atoms with Gasteiger partial charge in [0, 0.05) is 5.56 Å². The largest absolute Gasteiger partial charge is 0.363 e. The number of H-pyrrole nitrogens is 1. The van der Waals surface area contributed by atoms with Crippen molar-refractivity contribution in [2.45, 2.75) is 26.3 Å². The van der Waals surface area contributed by atoms with E-state index in [2.05, 4.69) is 20.3 Å². The van der Waals surface area contributed by atoms with Crippen molar-refractivity contribution in [3.05, 3.63) is 61.0 Å². The highest BCUT2D eigenvalue weighted by atomic mass is 127. The second-order valence-electron chi connectivity index (χ2n) is 5.75. The quantitative estimate of drug-likeness (QED) is 0.548. The number of halogens is 4. The lowest BCUT2D eigenvalue weighted by Gasteiger charge is -2.18. The van der Waals surface area contributed by atoms with Crippen LogP contribution in [-0.2, 0) is 0 Å². The molecule has 2 heterocycles. The Kier molecular flexibility index (Phi) is 5.17. The summed E-state index contributed by atoms with van der Waals surface area (Å²) in [5.41, 5.74) is -0.463. The first-order valence-electron chi connectivity index (χ1n) is 7.68. The number of anilines is 1. The van der Waals surface area contributed by atoms with Crippen molar-refractivity contribution in [2.24, 2.45) is 0 Å². The van der Waals surface area contributed by atoms with E-state index < -0.39 is 23.8 Å². The lowest BCUT2D eigenvalue weighted by atomic mass is 10.0. The van der Waals surface area contributed by atoms with Gasteiger partial charge in [0.25, 0.3) is 12.0 Å². The van der Waals surface area contributed by atoms with Gasteiger partial charge in [0.2, 0.25) is 0 Å². The maximum atomic E-state index is 14.4. The van der Waals surface area contributed by atoms with Gasteiger partial charge in [-0.2, -0.15) is 0 Å². The number of hydrogen-bond acceptors (Lipinski definition) is 4. The van der Waals surface area contributed by atoms with Crippen LogP contribution in [0.1, 0.15) is 36.3 Å². The van der Waals surface area contributed by atoms with Crippen LogP contribution in [0.15, 0.2) is 29.1 Å². The lowest BCUT2D eigenvalue weighted by Crippen LogP contribution is -2.15. The molecule has 0 radical (unpaired) electrons. The molecule has 5 nitrogen and oxygen atoms in total. The standard InChI is InChI=1S/C17H14F3IN4O/c1-7(9-4-3-5-10(13(9)18)14(19)20)22-15-11-6-12(21)17(26)25-16(11)24-8(2)23-15/h3-7,14H,1-2H3,(H2,22,23,24,25,26). The Morgan fingerprint density at radius 3 is 2.62 bits per heavy atom. The summed E-state index contributed by atoms with van der Waals surface area (Å²) in [7, 11) is 0. The molecule has 2 aromatic heterocycles. The van der Waals surface area contributed by atoms with Crippen molar-refractivity contribution in [3.63, 3.8) is 0 Å². The van der Waals surface area contributed by atoms with Gasteiger partial charge in [0.15, 0.2) is 0 Å². The van der Waals surface area contributed by atoms with Gasteiger partial charge in [-0.05, 0) is 42.5 Å². The number of rotatable bonds is 4. The summed E-state index contributed by atoms with van der Waals surface area (Å²) in [5.74, 6) is -0.151. The fourth-order valence-corrected chi connectivity index (χ4v) is 3.08. The fourth-order valence-electron chi connectivity index (χ4n) is 2.64. The third-order valence-electron chi connectivity index (χ3n) is 3.89. The van der Waals surface area contributed by atoms with Gasteiger partial charge in [0.05, 0.1) is 20.6 Å². The summed E-state index contributed by atoms with van der Waals surface area (Å²) in [6.07, 6.45) is -2.89. The number of aryl methyl sites for hydroxylation is 1. The number of hydrogen-bond donors (Lipinski definition) is 2. The summed E-state index contributed by atoms with van der Waals surface area (Å²) >= 11 is 1.89. The summed E-state index contributed by atoms with van der Waals surface area (Å²) in [5, 5.41) is 3.59. The first-order chi connectivity index (χ1) is 12.3. The average molecular weight is 474 g/mol. The number of nitrogens with one attached hydrogen (secondary N) is 2. The first-order valence-corrected chi connectivity index (χ1v) is 8.76. The third-order valence-corrected chi connectivity index (χ3v) is 4.69. The second kappa shape index (κ2) is 7.22.